The normalized spacial score (nSPS) is 23.4. The van der Waals surface area contributed by atoms with Crippen molar-refractivity contribution >= 4 is 6.08 Å². The van der Waals surface area contributed by atoms with Gasteiger partial charge in [-0.15, -0.1) is 0 Å². The summed E-state index contributed by atoms with van der Waals surface area (Å²) in [6.45, 7) is 3.45. The first-order valence-corrected chi connectivity index (χ1v) is 6.88. The molecule has 1 unspecified atom stereocenters. The van der Waals surface area contributed by atoms with Crippen molar-refractivity contribution in [2.24, 2.45) is 0 Å². The molecule has 0 bridgehead atoms. The first-order valence-electron chi connectivity index (χ1n) is 6.88. The minimum absolute atomic E-state index is 0.506. The molecule has 1 saturated heterocycles. The lowest BCUT2D eigenvalue weighted by atomic mass is 10.1. The van der Waals surface area contributed by atoms with Crippen LogP contribution < -0.4 is 0 Å². The molecule has 1 heteroatoms. The van der Waals surface area contributed by atoms with E-state index in [1.165, 1.54) is 17.7 Å². The molecule has 3 rings (SSSR count). The van der Waals surface area contributed by atoms with E-state index in [1.54, 1.807) is 0 Å². The first kappa shape index (κ1) is 12.2. The SMILES string of the molecule is C[C@H](c1ccccc1)N1C[C@@H]1/C=C/c1ccccc1. The fourth-order valence-electron chi connectivity index (χ4n) is 2.49. The number of nitrogens with zero attached hydrogens (tertiary/aromatic N) is 1. The average Bonchev–Trinajstić information content (AvgIpc) is 3.26. The maximum Gasteiger partial charge on any atom is 0.0416 e. The summed E-state index contributed by atoms with van der Waals surface area (Å²) in [4.78, 5) is 2.51. The molecule has 2 aromatic carbocycles. The zero-order chi connectivity index (χ0) is 13.1. The number of hydrogen-bond donors (Lipinski definition) is 0. The minimum Gasteiger partial charge on any atom is -0.287 e. The summed E-state index contributed by atoms with van der Waals surface area (Å²) in [5, 5.41) is 0. The second-order valence-corrected chi connectivity index (χ2v) is 5.12. The number of benzene rings is 2. The van der Waals surface area contributed by atoms with Gasteiger partial charge in [0.25, 0.3) is 0 Å². The predicted octanol–water partition coefficient (Wildman–Crippen LogP) is 4.15. The van der Waals surface area contributed by atoms with Crippen molar-refractivity contribution in [3.8, 4) is 0 Å². The quantitative estimate of drug-likeness (QED) is 0.736. The Morgan fingerprint density at radius 1 is 1.00 bits per heavy atom. The van der Waals surface area contributed by atoms with Crippen molar-refractivity contribution in [1.82, 2.24) is 4.90 Å². The van der Waals surface area contributed by atoms with Gasteiger partial charge in [0.2, 0.25) is 0 Å². The lowest BCUT2D eigenvalue weighted by Gasteiger charge is -2.13. The van der Waals surface area contributed by atoms with Crippen LogP contribution in [0, 0.1) is 0 Å². The molecule has 0 spiro atoms. The average molecular weight is 249 g/mol. The summed E-state index contributed by atoms with van der Waals surface area (Å²) in [5.41, 5.74) is 2.68. The number of rotatable bonds is 4. The van der Waals surface area contributed by atoms with Crippen LogP contribution in [-0.4, -0.2) is 17.5 Å². The van der Waals surface area contributed by atoms with Crippen LogP contribution in [0.25, 0.3) is 6.08 Å². The summed E-state index contributed by atoms with van der Waals surface area (Å²) >= 11 is 0. The molecule has 0 amide bonds. The molecule has 2 aromatic rings. The van der Waals surface area contributed by atoms with Crippen molar-refractivity contribution in [2.75, 3.05) is 6.54 Å². The second-order valence-electron chi connectivity index (χ2n) is 5.12. The van der Waals surface area contributed by atoms with Crippen molar-refractivity contribution in [3.63, 3.8) is 0 Å². The van der Waals surface area contributed by atoms with E-state index in [9.17, 15) is 0 Å². The van der Waals surface area contributed by atoms with Gasteiger partial charge in [-0.25, -0.2) is 0 Å². The Kier molecular flexibility index (Phi) is 3.47. The largest absolute Gasteiger partial charge is 0.287 e. The summed E-state index contributed by atoms with van der Waals surface area (Å²) < 4.78 is 0. The maximum absolute atomic E-state index is 2.51. The van der Waals surface area contributed by atoms with E-state index in [4.69, 9.17) is 0 Å². The molecule has 1 nitrogen and oxygen atoms in total. The van der Waals surface area contributed by atoms with Gasteiger partial charge in [-0.1, -0.05) is 72.8 Å². The molecular formula is C18H19N. The predicted molar refractivity (Wildman–Crippen MR) is 80.8 cm³/mol. The van der Waals surface area contributed by atoms with E-state index in [1.807, 2.05) is 0 Å². The third kappa shape index (κ3) is 2.94. The topological polar surface area (TPSA) is 3.01 Å². The van der Waals surface area contributed by atoms with Gasteiger partial charge in [0.05, 0.1) is 0 Å². The zero-order valence-electron chi connectivity index (χ0n) is 11.2. The van der Waals surface area contributed by atoms with E-state index in [0.29, 0.717) is 12.1 Å². The Morgan fingerprint density at radius 3 is 2.32 bits per heavy atom. The van der Waals surface area contributed by atoms with E-state index in [-0.39, 0.29) is 0 Å². The van der Waals surface area contributed by atoms with E-state index < -0.39 is 0 Å². The van der Waals surface area contributed by atoms with Gasteiger partial charge < -0.3 is 0 Å². The minimum atomic E-state index is 0.506. The summed E-state index contributed by atoms with van der Waals surface area (Å²) in [5.74, 6) is 0. The maximum atomic E-state index is 2.51. The molecule has 0 N–H and O–H groups in total. The highest BCUT2D eigenvalue weighted by atomic mass is 15.3. The molecule has 1 heterocycles. The first-order chi connectivity index (χ1) is 9.34. The van der Waals surface area contributed by atoms with Crippen LogP contribution >= 0.6 is 0 Å². The van der Waals surface area contributed by atoms with Crippen LogP contribution in [0.4, 0.5) is 0 Å². The molecule has 1 aliphatic heterocycles. The Bertz CT molecular complexity index is 544. The van der Waals surface area contributed by atoms with E-state index in [0.717, 1.165) is 0 Å². The molecule has 1 aliphatic rings. The highest BCUT2D eigenvalue weighted by molar-refractivity contribution is 5.50. The Balaban J connectivity index is 1.61. The van der Waals surface area contributed by atoms with Crippen LogP contribution in [-0.2, 0) is 0 Å². The van der Waals surface area contributed by atoms with E-state index in [2.05, 4.69) is 84.6 Å². The molecule has 0 radical (unpaired) electrons. The van der Waals surface area contributed by atoms with Crippen LogP contribution in [0.5, 0.6) is 0 Å². The zero-order valence-corrected chi connectivity index (χ0v) is 11.2. The van der Waals surface area contributed by atoms with Gasteiger partial charge >= 0.3 is 0 Å². The van der Waals surface area contributed by atoms with Crippen molar-refractivity contribution in [1.29, 1.82) is 0 Å². The standard InChI is InChI=1S/C18H19N/c1-15(17-10-6-3-7-11-17)19-14-18(19)13-12-16-8-4-2-5-9-16/h2-13,15,18H,14H2,1H3/b13-12+/t15-,18+,19?/m1/s1. The van der Waals surface area contributed by atoms with Gasteiger partial charge in [-0.3, -0.25) is 4.90 Å². The number of hydrogen-bond acceptors (Lipinski definition) is 1. The van der Waals surface area contributed by atoms with Crippen molar-refractivity contribution in [2.45, 2.75) is 19.0 Å². The Morgan fingerprint density at radius 2 is 1.63 bits per heavy atom. The van der Waals surface area contributed by atoms with Gasteiger partial charge in [0, 0.05) is 18.6 Å². The smallest absolute Gasteiger partial charge is 0.0416 e. The highest BCUT2D eigenvalue weighted by Gasteiger charge is 2.35. The van der Waals surface area contributed by atoms with Gasteiger partial charge in [-0.2, -0.15) is 0 Å². The molecule has 3 atom stereocenters. The highest BCUT2D eigenvalue weighted by Crippen LogP contribution is 2.32. The molecule has 0 saturated carbocycles. The Hall–Kier alpha value is -1.86. The summed E-state index contributed by atoms with van der Waals surface area (Å²) in [6, 6.07) is 22.3. The third-order valence-corrected chi connectivity index (χ3v) is 3.78. The van der Waals surface area contributed by atoms with Crippen LogP contribution in [0.15, 0.2) is 66.7 Å². The van der Waals surface area contributed by atoms with E-state index >= 15 is 0 Å². The molecule has 0 aromatic heterocycles. The summed E-state index contributed by atoms with van der Waals surface area (Å²) in [7, 11) is 0. The molecular weight excluding hydrogens is 230 g/mol. The van der Waals surface area contributed by atoms with Crippen molar-refractivity contribution < 1.29 is 0 Å². The van der Waals surface area contributed by atoms with Gasteiger partial charge in [0.1, 0.15) is 0 Å². The third-order valence-electron chi connectivity index (χ3n) is 3.78. The molecule has 96 valence electrons. The molecule has 0 aliphatic carbocycles. The van der Waals surface area contributed by atoms with Crippen LogP contribution in [0.3, 0.4) is 0 Å². The lowest BCUT2D eigenvalue weighted by molar-refractivity contribution is 0.424. The molecule has 1 fully saturated rings. The van der Waals surface area contributed by atoms with Gasteiger partial charge in [-0.05, 0) is 18.1 Å². The van der Waals surface area contributed by atoms with Crippen molar-refractivity contribution in [3.05, 3.63) is 77.9 Å². The summed E-state index contributed by atoms with van der Waals surface area (Å²) in [6.07, 6.45) is 4.54. The Labute approximate surface area is 115 Å². The van der Waals surface area contributed by atoms with Crippen LogP contribution in [0.2, 0.25) is 0 Å². The van der Waals surface area contributed by atoms with Gasteiger partial charge in [0.15, 0.2) is 0 Å². The van der Waals surface area contributed by atoms with Crippen LogP contribution in [0.1, 0.15) is 24.1 Å². The fourth-order valence-corrected chi connectivity index (χ4v) is 2.49. The molecule has 19 heavy (non-hydrogen) atoms. The monoisotopic (exact) mass is 249 g/mol. The lowest BCUT2D eigenvalue weighted by Crippen LogP contribution is -2.07. The fraction of sp³-hybridized carbons (Fsp3) is 0.222. The second kappa shape index (κ2) is 5.41.